The Hall–Kier alpha value is -3.98. The first kappa shape index (κ1) is 24.4. The Kier molecular flexibility index (Phi) is 6.68. The lowest BCUT2D eigenvalue weighted by Gasteiger charge is -2.41. The standard InChI is InChI=1S/C29H33N7O2/c1-21-19-35(14-15-36(21)28(38)20-34-11-7-22-6-10-30-18-27(22)34)26-5-3-2-4-25(26)23-16-31-29(32-17-23)33-12-8-24(37)9-13-33/h2-7,10-11,16-18,21,24,37H,8-9,12-15,19-20H2,1H3. The van der Waals surface area contributed by atoms with Crippen molar-refractivity contribution in [1.29, 1.82) is 0 Å². The summed E-state index contributed by atoms with van der Waals surface area (Å²) in [7, 11) is 0. The Labute approximate surface area is 222 Å². The number of fused-ring (bicyclic) bond motifs is 1. The van der Waals surface area contributed by atoms with Crippen LogP contribution < -0.4 is 9.80 Å². The summed E-state index contributed by atoms with van der Waals surface area (Å²) in [5.74, 6) is 0.839. The molecule has 2 aliphatic rings. The number of carbonyl (C=O) groups excluding carboxylic acids is 1. The summed E-state index contributed by atoms with van der Waals surface area (Å²) in [4.78, 5) is 33.3. The molecule has 2 saturated heterocycles. The number of amides is 1. The smallest absolute Gasteiger partial charge is 0.242 e. The van der Waals surface area contributed by atoms with Crippen molar-refractivity contribution in [2.75, 3.05) is 42.5 Å². The van der Waals surface area contributed by atoms with Gasteiger partial charge in [0.15, 0.2) is 0 Å². The number of aromatic nitrogens is 4. The second-order valence-corrected chi connectivity index (χ2v) is 10.3. The lowest BCUT2D eigenvalue weighted by atomic mass is 10.0. The highest BCUT2D eigenvalue weighted by Gasteiger charge is 2.29. The molecule has 1 unspecified atom stereocenters. The van der Waals surface area contributed by atoms with Crippen LogP contribution in [-0.4, -0.2) is 80.3 Å². The van der Waals surface area contributed by atoms with Gasteiger partial charge in [-0.2, -0.15) is 0 Å². The van der Waals surface area contributed by atoms with Crippen molar-refractivity contribution in [2.45, 2.75) is 38.5 Å². The van der Waals surface area contributed by atoms with E-state index in [1.165, 1.54) is 0 Å². The van der Waals surface area contributed by atoms with Crippen LogP contribution in [0.1, 0.15) is 19.8 Å². The Morgan fingerprint density at radius 3 is 2.55 bits per heavy atom. The molecule has 0 saturated carbocycles. The average molecular weight is 512 g/mol. The fraction of sp³-hybridized carbons (Fsp3) is 0.379. The number of piperidine rings is 1. The summed E-state index contributed by atoms with van der Waals surface area (Å²) in [6.07, 6.45) is 10.6. The number of aliphatic hydroxyl groups excluding tert-OH is 1. The molecular formula is C29H33N7O2. The van der Waals surface area contributed by atoms with Crippen molar-refractivity contribution >= 4 is 28.4 Å². The Balaban J connectivity index is 1.14. The maximum absolute atomic E-state index is 13.3. The van der Waals surface area contributed by atoms with Crippen LogP contribution in [0.4, 0.5) is 11.6 Å². The molecular weight excluding hydrogens is 478 g/mol. The maximum atomic E-state index is 13.3. The zero-order valence-corrected chi connectivity index (χ0v) is 21.6. The van der Waals surface area contributed by atoms with Crippen molar-refractivity contribution in [3.05, 3.63) is 67.4 Å². The van der Waals surface area contributed by atoms with E-state index in [0.717, 1.165) is 66.7 Å². The average Bonchev–Trinajstić information content (AvgIpc) is 3.36. The molecule has 1 atom stereocenters. The maximum Gasteiger partial charge on any atom is 0.242 e. The Morgan fingerprint density at radius 2 is 1.76 bits per heavy atom. The lowest BCUT2D eigenvalue weighted by molar-refractivity contribution is -0.134. The zero-order valence-electron chi connectivity index (χ0n) is 21.6. The van der Waals surface area contributed by atoms with Gasteiger partial charge in [-0.25, -0.2) is 9.97 Å². The molecule has 6 rings (SSSR count). The largest absolute Gasteiger partial charge is 0.393 e. The number of rotatable bonds is 5. The summed E-state index contributed by atoms with van der Waals surface area (Å²) < 4.78 is 1.98. The van der Waals surface area contributed by atoms with E-state index in [9.17, 15) is 9.90 Å². The number of para-hydroxylation sites is 1. The van der Waals surface area contributed by atoms with Gasteiger partial charge in [0, 0.05) is 85.8 Å². The fourth-order valence-corrected chi connectivity index (χ4v) is 5.63. The third-order valence-corrected chi connectivity index (χ3v) is 7.77. The van der Waals surface area contributed by atoms with Crippen LogP contribution in [-0.2, 0) is 11.3 Å². The minimum Gasteiger partial charge on any atom is -0.393 e. The number of pyridine rings is 1. The minimum atomic E-state index is -0.221. The van der Waals surface area contributed by atoms with Crippen LogP contribution in [0, 0.1) is 0 Å². The van der Waals surface area contributed by atoms with Crippen molar-refractivity contribution in [3.63, 3.8) is 0 Å². The van der Waals surface area contributed by atoms with E-state index in [1.807, 2.05) is 52.5 Å². The van der Waals surface area contributed by atoms with E-state index in [2.05, 4.69) is 49.9 Å². The molecule has 38 heavy (non-hydrogen) atoms. The molecule has 1 aromatic carbocycles. The summed E-state index contributed by atoms with van der Waals surface area (Å²) in [5, 5.41) is 10.9. The molecule has 5 heterocycles. The quantitative estimate of drug-likeness (QED) is 0.440. The summed E-state index contributed by atoms with van der Waals surface area (Å²) in [6, 6.07) is 12.4. The molecule has 9 nitrogen and oxygen atoms in total. The zero-order chi connectivity index (χ0) is 26.1. The van der Waals surface area contributed by atoms with Gasteiger partial charge >= 0.3 is 0 Å². The van der Waals surface area contributed by atoms with Crippen molar-refractivity contribution < 1.29 is 9.90 Å². The van der Waals surface area contributed by atoms with Crippen molar-refractivity contribution in [2.24, 2.45) is 0 Å². The monoisotopic (exact) mass is 511 g/mol. The molecule has 0 radical (unpaired) electrons. The molecule has 0 spiro atoms. The van der Waals surface area contributed by atoms with Crippen molar-refractivity contribution in [3.8, 4) is 11.1 Å². The van der Waals surface area contributed by atoms with Gasteiger partial charge in [0.05, 0.1) is 17.8 Å². The number of carbonyl (C=O) groups is 1. The summed E-state index contributed by atoms with van der Waals surface area (Å²) >= 11 is 0. The number of benzene rings is 1. The highest BCUT2D eigenvalue weighted by molar-refractivity contribution is 5.83. The molecule has 0 aliphatic carbocycles. The van der Waals surface area contributed by atoms with Crippen LogP contribution in [0.15, 0.2) is 67.4 Å². The molecule has 2 fully saturated rings. The van der Waals surface area contributed by atoms with E-state index >= 15 is 0 Å². The topological polar surface area (TPSA) is 90.6 Å². The molecule has 2 aliphatic heterocycles. The second kappa shape index (κ2) is 10.4. The molecule has 1 amide bonds. The molecule has 1 N–H and O–H groups in total. The predicted molar refractivity (Wildman–Crippen MR) is 148 cm³/mol. The van der Waals surface area contributed by atoms with Gasteiger partial charge in [0.1, 0.15) is 6.54 Å². The Morgan fingerprint density at radius 1 is 0.974 bits per heavy atom. The SMILES string of the molecule is CC1CN(c2ccccc2-c2cnc(N3CCC(O)CC3)nc2)CCN1C(=O)Cn1ccc2ccncc21. The molecule has 4 aromatic rings. The number of hydrogen-bond acceptors (Lipinski definition) is 7. The molecule has 196 valence electrons. The number of hydrogen-bond donors (Lipinski definition) is 1. The Bertz CT molecular complexity index is 1410. The number of aliphatic hydroxyl groups is 1. The van der Waals surface area contributed by atoms with Gasteiger partial charge in [0.2, 0.25) is 11.9 Å². The van der Waals surface area contributed by atoms with Crippen LogP contribution in [0.25, 0.3) is 22.0 Å². The van der Waals surface area contributed by atoms with Gasteiger partial charge in [-0.05, 0) is 38.0 Å². The number of nitrogens with zero attached hydrogens (tertiary/aromatic N) is 7. The third kappa shape index (κ3) is 4.81. The second-order valence-electron chi connectivity index (χ2n) is 10.3. The number of anilines is 2. The van der Waals surface area contributed by atoms with Crippen molar-refractivity contribution in [1.82, 2.24) is 24.4 Å². The van der Waals surface area contributed by atoms with Crippen LogP contribution in [0.3, 0.4) is 0 Å². The number of piperazine rings is 1. The fourth-order valence-electron chi connectivity index (χ4n) is 5.63. The van der Waals surface area contributed by atoms with Gasteiger partial charge in [-0.15, -0.1) is 0 Å². The van der Waals surface area contributed by atoms with E-state index in [-0.39, 0.29) is 18.1 Å². The van der Waals surface area contributed by atoms with E-state index in [0.29, 0.717) is 19.0 Å². The first-order valence-electron chi connectivity index (χ1n) is 13.3. The first-order chi connectivity index (χ1) is 18.6. The molecule has 9 heteroatoms. The first-order valence-corrected chi connectivity index (χ1v) is 13.3. The van der Waals surface area contributed by atoms with Gasteiger partial charge in [0.25, 0.3) is 0 Å². The molecule has 3 aromatic heterocycles. The molecule has 0 bridgehead atoms. The summed E-state index contributed by atoms with van der Waals surface area (Å²) in [5.41, 5.74) is 4.17. The lowest BCUT2D eigenvalue weighted by Crippen LogP contribution is -2.54. The van der Waals surface area contributed by atoms with Gasteiger partial charge in [-0.3, -0.25) is 9.78 Å². The highest BCUT2D eigenvalue weighted by Crippen LogP contribution is 2.32. The van der Waals surface area contributed by atoms with Crippen LogP contribution in [0.5, 0.6) is 0 Å². The van der Waals surface area contributed by atoms with E-state index in [4.69, 9.17) is 0 Å². The van der Waals surface area contributed by atoms with Gasteiger partial charge < -0.3 is 24.4 Å². The predicted octanol–water partition coefficient (Wildman–Crippen LogP) is 3.19. The third-order valence-electron chi connectivity index (χ3n) is 7.77. The highest BCUT2D eigenvalue weighted by atomic mass is 16.3. The van der Waals surface area contributed by atoms with Crippen LogP contribution in [0.2, 0.25) is 0 Å². The summed E-state index contributed by atoms with van der Waals surface area (Å²) in [6.45, 7) is 6.17. The van der Waals surface area contributed by atoms with Crippen LogP contribution >= 0.6 is 0 Å². The minimum absolute atomic E-state index is 0.0809. The van der Waals surface area contributed by atoms with E-state index < -0.39 is 0 Å². The van der Waals surface area contributed by atoms with Gasteiger partial charge in [-0.1, -0.05) is 18.2 Å². The normalized spacial score (nSPS) is 18.8. The van der Waals surface area contributed by atoms with E-state index in [1.54, 1.807) is 6.20 Å².